The summed E-state index contributed by atoms with van der Waals surface area (Å²) >= 11 is 0. The molecule has 18 heavy (non-hydrogen) atoms. The number of nitrogens with zero attached hydrogens (tertiary/aromatic N) is 4. The number of rotatable bonds is 3. The van der Waals surface area contributed by atoms with E-state index in [1.807, 2.05) is 0 Å². The van der Waals surface area contributed by atoms with Crippen LogP contribution in [0.4, 0.5) is 0 Å². The van der Waals surface area contributed by atoms with E-state index in [1.54, 1.807) is 0 Å². The first-order chi connectivity index (χ1) is 8.72. The summed E-state index contributed by atoms with van der Waals surface area (Å²) in [5.74, 6) is 3.06. The highest BCUT2D eigenvalue weighted by molar-refractivity contribution is 4.98. The fraction of sp³-hybridized carbons (Fsp3) is 0.857. The van der Waals surface area contributed by atoms with E-state index in [-0.39, 0.29) is 0 Å². The van der Waals surface area contributed by atoms with Crippen LogP contribution in [0.1, 0.15) is 44.8 Å². The van der Waals surface area contributed by atoms with Crippen LogP contribution in [0.2, 0.25) is 0 Å². The SMILES string of the molecule is CC(C)N1CCC(Cc2nc3n(n2)CCCC3)C1. The molecule has 100 valence electrons. The topological polar surface area (TPSA) is 34.0 Å². The Morgan fingerprint density at radius 1 is 1.28 bits per heavy atom. The second-order valence-electron chi connectivity index (χ2n) is 6.07. The molecule has 1 unspecified atom stereocenters. The van der Waals surface area contributed by atoms with E-state index in [4.69, 9.17) is 4.98 Å². The number of fused-ring (bicyclic) bond motifs is 1. The maximum absolute atomic E-state index is 4.72. The average Bonchev–Trinajstić information content (AvgIpc) is 2.94. The van der Waals surface area contributed by atoms with Gasteiger partial charge in [-0.15, -0.1) is 0 Å². The van der Waals surface area contributed by atoms with Gasteiger partial charge in [0.25, 0.3) is 0 Å². The van der Waals surface area contributed by atoms with Crippen molar-refractivity contribution in [2.24, 2.45) is 5.92 Å². The Balaban J connectivity index is 1.61. The summed E-state index contributed by atoms with van der Waals surface area (Å²) in [4.78, 5) is 7.29. The Labute approximate surface area is 109 Å². The van der Waals surface area contributed by atoms with Crippen molar-refractivity contribution in [3.63, 3.8) is 0 Å². The summed E-state index contributed by atoms with van der Waals surface area (Å²) in [6, 6.07) is 0.679. The highest BCUT2D eigenvalue weighted by atomic mass is 15.3. The molecule has 0 N–H and O–H groups in total. The Hall–Kier alpha value is -0.900. The van der Waals surface area contributed by atoms with Gasteiger partial charge in [0.05, 0.1) is 0 Å². The highest BCUT2D eigenvalue weighted by Gasteiger charge is 2.26. The van der Waals surface area contributed by atoms with Gasteiger partial charge in [-0.3, -0.25) is 0 Å². The van der Waals surface area contributed by atoms with Gasteiger partial charge < -0.3 is 4.90 Å². The van der Waals surface area contributed by atoms with Crippen LogP contribution in [-0.2, 0) is 19.4 Å². The Kier molecular flexibility index (Phi) is 3.37. The van der Waals surface area contributed by atoms with Crippen LogP contribution in [0, 0.1) is 5.92 Å². The molecule has 1 aromatic heterocycles. The minimum atomic E-state index is 0.679. The zero-order valence-electron chi connectivity index (χ0n) is 11.6. The normalized spacial score (nSPS) is 24.7. The molecule has 4 nitrogen and oxygen atoms in total. The third-order valence-electron chi connectivity index (χ3n) is 4.33. The van der Waals surface area contributed by atoms with Gasteiger partial charge in [-0.2, -0.15) is 5.10 Å². The van der Waals surface area contributed by atoms with Crippen LogP contribution in [0.3, 0.4) is 0 Å². The molecule has 0 aliphatic carbocycles. The zero-order valence-corrected chi connectivity index (χ0v) is 11.6. The molecule has 0 spiro atoms. The summed E-state index contributed by atoms with van der Waals surface area (Å²) in [5.41, 5.74) is 0. The van der Waals surface area contributed by atoms with Gasteiger partial charge in [-0.05, 0) is 45.6 Å². The maximum Gasteiger partial charge on any atom is 0.151 e. The summed E-state index contributed by atoms with van der Waals surface area (Å²) in [6.45, 7) is 8.12. The van der Waals surface area contributed by atoms with Crippen LogP contribution < -0.4 is 0 Å². The van der Waals surface area contributed by atoms with E-state index in [0.717, 1.165) is 31.1 Å². The molecule has 1 fully saturated rings. The fourth-order valence-electron chi connectivity index (χ4n) is 3.18. The Morgan fingerprint density at radius 3 is 2.89 bits per heavy atom. The predicted molar refractivity (Wildman–Crippen MR) is 71.5 cm³/mol. The van der Waals surface area contributed by atoms with Crippen LogP contribution in [0.25, 0.3) is 0 Å². The summed E-state index contributed by atoms with van der Waals surface area (Å²) in [7, 11) is 0. The number of hydrogen-bond donors (Lipinski definition) is 0. The molecular weight excluding hydrogens is 224 g/mol. The smallest absolute Gasteiger partial charge is 0.151 e. The quantitative estimate of drug-likeness (QED) is 0.819. The van der Waals surface area contributed by atoms with Crippen LogP contribution in [-0.4, -0.2) is 38.8 Å². The second kappa shape index (κ2) is 5.00. The first-order valence-corrected chi connectivity index (χ1v) is 7.39. The summed E-state index contributed by atoms with van der Waals surface area (Å²) in [5, 5.41) is 4.67. The van der Waals surface area contributed by atoms with Crippen molar-refractivity contribution in [3.8, 4) is 0 Å². The third-order valence-corrected chi connectivity index (χ3v) is 4.33. The van der Waals surface area contributed by atoms with Gasteiger partial charge in [0.1, 0.15) is 5.82 Å². The van der Waals surface area contributed by atoms with E-state index >= 15 is 0 Å². The second-order valence-corrected chi connectivity index (χ2v) is 6.07. The third kappa shape index (κ3) is 2.44. The molecule has 2 aliphatic heterocycles. The lowest BCUT2D eigenvalue weighted by atomic mass is 10.0. The molecular formula is C14H24N4. The maximum atomic E-state index is 4.72. The van der Waals surface area contributed by atoms with Gasteiger partial charge in [0.2, 0.25) is 0 Å². The van der Waals surface area contributed by atoms with Crippen molar-refractivity contribution >= 4 is 0 Å². The van der Waals surface area contributed by atoms with Crippen molar-refractivity contribution in [3.05, 3.63) is 11.6 Å². The van der Waals surface area contributed by atoms with Crippen molar-refractivity contribution in [2.45, 2.75) is 58.5 Å². The monoisotopic (exact) mass is 248 g/mol. The molecule has 0 saturated carbocycles. The Bertz CT molecular complexity index is 386. The van der Waals surface area contributed by atoms with Crippen molar-refractivity contribution in [2.75, 3.05) is 13.1 Å². The molecule has 0 amide bonds. The molecule has 1 atom stereocenters. The van der Waals surface area contributed by atoms with E-state index < -0.39 is 0 Å². The number of aryl methyl sites for hydroxylation is 2. The van der Waals surface area contributed by atoms with Crippen molar-refractivity contribution < 1.29 is 0 Å². The van der Waals surface area contributed by atoms with Gasteiger partial charge >= 0.3 is 0 Å². The number of aromatic nitrogens is 3. The molecule has 0 bridgehead atoms. The van der Waals surface area contributed by atoms with Crippen LogP contribution in [0.15, 0.2) is 0 Å². The molecule has 3 heterocycles. The largest absolute Gasteiger partial charge is 0.301 e. The Morgan fingerprint density at radius 2 is 2.17 bits per heavy atom. The standard InChI is InChI=1S/C14H24N4/c1-11(2)17-8-6-12(10-17)9-13-15-14-5-3-4-7-18(14)16-13/h11-12H,3-10H2,1-2H3. The molecule has 0 radical (unpaired) electrons. The minimum Gasteiger partial charge on any atom is -0.301 e. The van der Waals surface area contributed by atoms with E-state index in [2.05, 4.69) is 28.5 Å². The van der Waals surface area contributed by atoms with Crippen molar-refractivity contribution in [1.29, 1.82) is 0 Å². The van der Waals surface area contributed by atoms with E-state index in [0.29, 0.717) is 6.04 Å². The first kappa shape index (κ1) is 12.2. The number of hydrogen-bond acceptors (Lipinski definition) is 3. The fourth-order valence-corrected chi connectivity index (χ4v) is 3.18. The first-order valence-electron chi connectivity index (χ1n) is 7.39. The average molecular weight is 248 g/mol. The predicted octanol–water partition coefficient (Wildman–Crippen LogP) is 1.89. The molecule has 4 heteroatoms. The van der Waals surface area contributed by atoms with Gasteiger partial charge in [-0.1, -0.05) is 0 Å². The van der Waals surface area contributed by atoms with Gasteiger partial charge in [-0.25, -0.2) is 9.67 Å². The molecule has 0 aromatic carbocycles. The lowest BCUT2D eigenvalue weighted by molar-refractivity contribution is 0.264. The highest BCUT2D eigenvalue weighted by Crippen LogP contribution is 2.22. The van der Waals surface area contributed by atoms with E-state index in [9.17, 15) is 0 Å². The molecule has 2 aliphatic rings. The lowest BCUT2D eigenvalue weighted by Gasteiger charge is -2.19. The van der Waals surface area contributed by atoms with Gasteiger partial charge in [0.15, 0.2) is 5.82 Å². The van der Waals surface area contributed by atoms with Gasteiger partial charge in [0, 0.05) is 32.0 Å². The lowest BCUT2D eigenvalue weighted by Crippen LogP contribution is -2.28. The zero-order chi connectivity index (χ0) is 12.5. The summed E-state index contributed by atoms with van der Waals surface area (Å²) < 4.78 is 2.13. The van der Waals surface area contributed by atoms with Crippen LogP contribution in [0.5, 0.6) is 0 Å². The molecule has 1 aromatic rings. The molecule has 1 saturated heterocycles. The number of likely N-dealkylation sites (tertiary alicyclic amines) is 1. The summed E-state index contributed by atoms with van der Waals surface area (Å²) in [6.07, 6.45) is 6.05. The molecule has 3 rings (SSSR count). The van der Waals surface area contributed by atoms with Crippen molar-refractivity contribution in [1.82, 2.24) is 19.7 Å². The van der Waals surface area contributed by atoms with E-state index in [1.165, 1.54) is 38.2 Å². The van der Waals surface area contributed by atoms with Crippen LogP contribution >= 0.6 is 0 Å². The minimum absolute atomic E-state index is 0.679.